The second kappa shape index (κ2) is 4.50. The van der Waals surface area contributed by atoms with Crippen LogP contribution in [0.4, 0.5) is 8.78 Å². The van der Waals surface area contributed by atoms with E-state index in [4.69, 9.17) is 0 Å². The fourth-order valence-electron chi connectivity index (χ4n) is 1.60. The third kappa shape index (κ3) is 2.86. The smallest absolute Gasteiger partial charge is 0.242 e. The molecular weight excluding hydrogens is 214 g/mol. The van der Waals surface area contributed by atoms with Crippen molar-refractivity contribution >= 4 is 10.0 Å². The minimum absolute atomic E-state index is 0.196. The van der Waals surface area contributed by atoms with E-state index in [2.05, 4.69) is 10.0 Å². The van der Waals surface area contributed by atoms with E-state index in [1.54, 1.807) is 0 Å². The van der Waals surface area contributed by atoms with E-state index in [-0.39, 0.29) is 12.3 Å². The highest BCUT2D eigenvalue weighted by molar-refractivity contribution is 7.89. The molecule has 4 nitrogen and oxygen atoms in total. The Balaban J connectivity index is 2.60. The van der Waals surface area contributed by atoms with Crippen molar-refractivity contribution in [1.82, 2.24) is 10.0 Å². The standard InChI is InChI=1S/C7H14F2N2O2S/c1-10-14(12,13)4-5-2-11-3-6(5)7(8)9/h5-7,10-11H,2-4H2,1H3. The molecule has 0 aromatic heterocycles. The fourth-order valence-corrected chi connectivity index (χ4v) is 2.69. The highest BCUT2D eigenvalue weighted by Crippen LogP contribution is 2.24. The molecule has 7 heteroatoms. The van der Waals surface area contributed by atoms with E-state index < -0.39 is 28.3 Å². The molecule has 0 bridgehead atoms. The maximum absolute atomic E-state index is 12.4. The first-order chi connectivity index (χ1) is 6.46. The number of nitrogens with one attached hydrogen (secondary N) is 2. The molecule has 1 aliphatic rings. The van der Waals surface area contributed by atoms with Crippen molar-refractivity contribution < 1.29 is 17.2 Å². The highest BCUT2D eigenvalue weighted by Gasteiger charge is 2.36. The maximum atomic E-state index is 12.4. The lowest BCUT2D eigenvalue weighted by molar-refractivity contribution is 0.0690. The zero-order valence-electron chi connectivity index (χ0n) is 7.83. The topological polar surface area (TPSA) is 58.2 Å². The molecular formula is C7H14F2N2O2S. The summed E-state index contributed by atoms with van der Waals surface area (Å²) in [4.78, 5) is 0. The lowest BCUT2D eigenvalue weighted by Crippen LogP contribution is -2.32. The SMILES string of the molecule is CNS(=O)(=O)CC1CNCC1C(F)F. The van der Waals surface area contributed by atoms with Crippen LogP contribution < -0.4 is 10.0 Å². The first kappa shape index (κ1) is 11.8. The summed E-state index contributed by atoms with van der Waals surface area (Å²) >= 11 is 0. The Morgan fingerprint density at radius 2 is 2.14 bits per heavy atom. The number of rotatable bonds is 4. The third-order valence-corrected chi connectivity index (χ3v) is 3.95. The average Bonchev–Trinajstić information content (AvgIpc) is 2.51. The molecule has 2 atom stereocenters. The Kier molecular flexibility index (Phi) is 3.79. The van der Waals surface area contributed by atoms with Gasteiger partial charge in [0, 0.05) is 12.5 Å². The molecule has 14 heavy (non-hydrogen) atoms. The fraction of sp³-hybridized carbons (Fsp3) is 1.00. The van der Waals surface area contributed by atoms with Crippen molar-refractivity contribution in [3.8, 4) is 0 Å². The molecule has 2 unspecified atom stereocenters. The summed E-state index contributed by atoms with van der Waals surface area (Å²) in [5.41, 5.74) is 0. The van der Waals surface area contributed by atoms with Gasteiger partial charge < -0.3 is 5.32 Å². The quantitative estimate of drug-likeness (QED) is 0.690. The first-order valence-electron chi connectivity index (χ1n) is 4.36. The van der Waals surface area contributed by atoms with Crippen molar-refractivity contribution in [2.45, 2.75) is 6.43 Å². The zero-order chi connectivity index (χ0) is 10.8. The van der Waals surface area contributed by atoms with Gasteiger partial charge in [0.2, 0.25) is 16.4 Å². The van der Waals surface area contributed by atoms with Crippen molar-refractivity contribution in [2.24, 2.45) is 11.8 Å². The predicted octanol–water partition coefficient (Wildman–Crippen LogP) is -0.364. The highest BCUT2D eigenvalue weighted by atomic mass is 32.2. The largest absolute Gasteiger partial charge is 0.316 e. The van der Waals surface area contributed by atoms with Crippen molar-refractivity contribution in [1.29, 1.82) is 0 Å². The van der Waals surface area contributed by atoms with Crippen LogP contribution in [0.25, 0.3) is 0 Å². The average molecular weight is 228 g/mol. The van der Waals surface area contributed by atoms with Crippen LogP contribution in [0.1, 0.15) is 0 Å². The lowest BCUT2D eigenvalue weighted by Gasteiger charge is -2.16. The second-order valence-corrected chi connectivity index (χ2v) is 5.37. The molecule has 0 amide bonds. The van der Waals surface area contributed by atoms with Crippen LogP contribution >= 0.6 is 0 Å². The van der Waals surface area contributed by atoms with Crippen molar-refractivity contribution in [2.75, 3.05) is 25.9 Å². The van der Waals surface area contributed by atoms with Crippen LogP contribution in [-0.2, 0) is 10.0 Å². The van der Waals surface area contributed by atoms with Gasteiger partial charge in [-0.25, -0.2) is 21.9 Å². The molecule has 0 radical (unpaired) electrons. The van der Waals surface area contributed by atoms with E-state index >= 15 is 0 Å². The Bertz CT molecular complexity index is 281. The van der Waals surface area contributed by atoms with E-state index in [0.29, 0.717) is 6.54 Å². The summed E-state index contributed by atoms with van der Waals surface area (Å²) in [5, 5.41) is 2.78. The number of alkyl halides is 2. The maximum Gasteiger partial charge on any atom is 0.242 e. The molecule has 1 fully saturated rings. The first-order valence-corrected chi connectivity index (χ1v) is 6.01. The lowest BCUT2D eigenvalue weighted by atomic mass is 9.99. The number of sulfonamides is 1. The molecule has 1 aliphatic heterocycles. The summed E-state index contributed by atoms with van der Waals surface area (Å²) in [6, 6.07) is 0. The molecule has 1 saturated heterocycles. The second-order valence-electron chi connectivity index (χ2n) is 3.40. The van der Waals surface area contributed by atoms with E-state index in [9.17, 15) is 17.2 Å². The normalized spacial score (nSPS) is 28.6. The van der Waals surface area contributed by atoms with Crippen molar-refractivity contribution in [3.05, 3.63) is 0 Å². The Hall–Kier alpha value is -0.270. The summed E-state index contributed by atoms with van der Waals surface area (Å²) in [6.45, 7) is 0.539. The zero-order valence-corrected chi connectivity index (χ0v) is 8.65. The molecule has 84 valence electrons. The molecule has 0 spiro atoms. The molecule has 0 aromatic rings. The van der Waals surface area contributed by atoms with Crippen LogP contribution in [0, 0.1) is 11.8 Å². The number of hydrogen-bond acceptors (Lipinski definition) is 3. The van der Waals surface area contributed by atoms with Crippen LogP contribution in [0.15, 0.2) is 0 Å². The van der Waals surface area contributed by atoms with E-state index in [0.717, 1.165) is 0 Å². The van der Waals surface area contributed by atoms with Gasteiger partial charge in [-0.2, -0.15) is 0 Å². The molecule has 1 heterocycles. The predicted molar refractivity (Wildman–Crippen MR) is 48.7 cm³/mol. The summed E-state index contributed by atoms with van der Waals surface area (Å²) < 4.78 is 49.2. The number of halogens is 2. The van der Waals surface area contributed by atoms with E-state index in [1.807, 2.05) is 0 Å². The van der Waals surface area contributed by atoms with E-state index in [1.165, 1.54) is 7.05 Å². The van der Waals surface area contributed by atoms with Crippen LogP contribution in [-0.4, -0.2) is 40.7 Å². The monoisotopic (exact) mass is 228 g/mol. The van der Waals surface area contributed by atoms with Gasteiger partial charge in [-0.15, -0.1) is 0 Å². The summed E-state index contributed by atoms with van der Waals surface area (Å²) in [5.74, 6) is -1.57. The number of hydrogen-bond donors (Lipinski definition) is 2. The van der Waals surface area contributed by atoms with Crippen LogP contribution in [0.5, 0.6) is 0 Å². The molecule has 2 N–H and O–H groups in total. The molecule has 0 aromatic carbocycles. The van der Waals surface area contributed by atoms with Crippen molar-refractivity contribution in [3.63, 3.8) is 0 Å². The minimum Gasteiger partial charge on any atom is -0.316 e. The van der Waals surface area contributed by atoms with Gasteiger partial charge in [0.05, 0.1) is 5.75 Å². The van der Waals surface area contributed by atoms with Gasteiger partial charge >= 0.3 is 0 Å². The van der Waals surface area contributed by atoms with Gasteiger partial charge in [-0.3, -0.25) is 0 Å². The molecule has 0 saturated carbocycles. The van der Waals surface area contributed by atoms with Gasteiger partial charge in [0.25, 0.3) is 0 Å². The van der Waals surface area contributed by atoms with Crippen LogP contribution in [0.3, 0.4) is 0 Å². The van der Waals surface area contributed by atoms with Gasteiger partial charge in [-0.05, 0) is 19.5 Å². The Labute approximate surface area is 82.1 Å². The third-order valence-electron chi connectivity index (χ3n) is 2.46. The van der Waals surface area contributed by atoms with Crippen LogP contribution in [0.2, 0.25) is 0 Å². The van der Waals surface area contributed by atoms with Gasteiger partial charge in [0.1, 0.15) is 0 Å². The summed E-state index contributed by atoms with van der Waals surface area (Å²) in [7, 11) is -2.11. The summed E-state index contributed by atoms with van der Waals surface area (Å²) in [6.07, 6.45) is -2.46. The van der Waals surface area contributed by atoms with Gasteiger partial charge in [-0.1, -0.05) is 0 Å². The molecule has 1 rings (SSSR count). The Morgan fingerprint density at radius 1 is 1.50 bits per heavy atom. The van der Waals surface area contributed by atoms with Gasteiger partial charge in [0.15, 0.2) is 0 Å². The minimum atomic E-state index is -3.39. The Morgan fingerprint density at radius 3 is 2.64 bits per heavy atom. The molecule has 0 aliphatic carbocycles.